The molecule has 72 valence electrons. The summed E-state index contributed by atoms with van der Waals surface area (Å²) in [5, 5.41) is 1.87. The van der Waals surface area contributed by atoms with Crippen molar-refractivity contribution in [3.8, 4) is 11.3 Å². The maximum absolute atomic E-state index is 11.0. The van der Waals surface area contributed by atoms with Crippen molar-refractivity contribution in [2.24, 2.45) is 0 Å². The highest BCUT2D eigenvalue weighted by atomic mass is 32.1. The molecule has 0 aliphatic rings. The predicted octanol–water partition coefficient (Wildman–Crippen LogP) is 2.72. The maximum atomic E-state index is 11.0. The summed E-state index contributed by atoms with van der Waals surface area (Å²) < 4.78 is 0. The Bertz CT molecular complexity index is 510. The molecule has 0 bridgehead atoms. The van der Waals surface area contributed by atoms with E-state index < -0.39 is 0 Å². The summed E-state index contributed by atoms with van der Waals surface area (Å²) in [4.78, 5) is 13.8. The Morgan fingerprint density at radius 1 is 1.29 bits per heavy atom. The topological polar surface area (TPSA) is 32.9 Å². The number of nitrogens with one attached hydrogen (secondary N) is 1. The number of hydrogen-bond donors (Lipinski definition) is 1. The second kappa shape index (κ2) is 3.42. The Kier molecular flexibility index (Phi) is 2.25. The van der Waals surface area contributed by atoms with Gasteiger partial charge in [-0.15, -0.1) is 0 Å². The first-order valence-corrected chi connectivity index (χ1v) is 5.31. The molecular weight excluding hydrogens is 194 g/mol. The van der Waals surface area contributed by atoms with E-state index in [1.165, 1.54) is 22.5 Å². The molecule has 3 heteroatoms. The van der Waals surface area contributed by atoms with Gasteiger partial charge in [-0.2, -0.15) is 0 Å². The van der Waals surface area contributed by atoms with Crippen LogP contribution in [0.3, 0.4) is 0 Å². The standard InChI is InChI=1S/C11H11NOS/c1-7-4-3-5-9(8(7)2)10-6-14-11(13)12-10/h3-6H,1-2H3,(H,12,13). The maximum Gasteiger partial charge on any atom is 0.304 e. The summed E-state index contributed by atoms with van der Waals surface area (Å²) in [5.41, 5.74) is 4.50. The quantitative estimate of drug-likeness (QED) is 0.763. The molecule has 1 heterocycles. The molecule has 2 aromatic rings. The number of rotatable bonds is 1. The highest BCUT2D eigenvalue weighted by molar-refractivity contribution is 7.07. The van der Waals surface area contributed by atoms with Gasteiger partial charge in [0.15, 0.2) is 0 Å². The summed E-state index contributed by atoms with van der Waals surface area (Å²) in [5.74, 6) is 0. The Morgan fingerprint density at radius 2 is 2.07 bits per heavy atom. The lowest BCUT2D eigenvalue weighted by molar-refractivity contribution is 1.29. The van der Waals surface area contributed by atoms with Gasteiger partial charge in [0.2, 0.25) is 0 Å². The Balaban J connectivity index is 2.62. The zero-order valence-corrected chi connectivity index (χ0v) is 8.94. The molecule has 0 aliphatic heterocycles. The van der Waals surface area contributed by atoms with Crippen molar-refractivity contribution in [1.82, 2.24) is 4.98 Å². The zero-order valence-electron chi connectivity index (χ0n) is 8.13. The Morgan fingerprint density at radius 3 is 2.71 bits per heavy atom. The van der Waals surface area contributed by atoms with Crippen LogP contribution in [0.5, 0.6) is 0 Å². The van der Waals surface area contributed by atoms with E-state index in [1.807, 2.05) is 17.5 Å². The number of aromatic nitrogens is 1. The molecule has 1 aromatic heterocycles. The van der Waals surface area contributed by atoms with Crippen molar-refractivity contribution < 1.29 is 0 Å². The third-order valence-corrected chi connectivity index (χ3v) is 3.09. The average molecular weight is 205 g/mol. The van der Waals surface area contributed by atoms with E-state index in [0.29, 0.717) is 0 Å². The average Bonchev–Trinajstić information content (AvgIpc) is 2.57. The van der Waals surface area contributed by atoms with Crippen LogP contribution in [0.25, 0.3) is 11.3 Å². The highest BCUT2D eigenvalue weighted by Gasteiger charge is 2.04. The normalized spacial score (nSPS) is 10.4. The molecule has 0 saturated heterocycles. The van der Waals surface area contributed by atoms with Gasteiger partial charge in [0.1, 0.15) is 0 Å². The first-order chi connectivity index (χ1) is 6.68. The van der Waals surface area contributed by atoms with Crippen LogP contribution in [0, 0.1) is 13.8 Å². The van der Waals surface area contributed by atoms with Crippen molar-refractivity contribution in [2.75, 3.05) is 0 Å². The third-order valence-electron chi connectivity index (χ3n) is 2.42. The van der Waals surface area contributed by atoms with Gasteiger partial charge in [0.25, 0.3) is 0 Å². The van der Waals surface area contributed by atoms with Crippen LogP contribution >= 0.6 is 11.3 Å². The van der Waals surface area contributed by atoms with Gasteiger partial charge in [0, 0.05) is 10.9 Å². The van der Waals surface area contributed by atoms with Gasteiger partial charge < -0.3 is 4.98 Å². The van der Waals surface area contributed by atoms with E-state index in [9.17, 15) is 4.79 Å². The fraction of sp³-hybridized carbons (Fsp3) is 0.182. The molecule has 1 aromatic carbocycles. The molecule has 0 fully saturated rings. The van der Waals surface area contributed by atoms with Crippen LogP contribution in [0.15, 0.2) is 28.4 Å². The molecule has 0 atom stereocenters. The van der Waals surface area contributed by atoms with E-state index >= 15 is 0 Å². The van der Waals surface area contributed by atoms with E-state index in [1.54, 1.807) is 0 Å². The molecule has 2 nitrogen and oxygen atoms in total. The number of aryl methyl sites for hydroxylation is 1. The zero-order chi connectivity index (χ0) is 10.1. The minimum atomic E-state index is 0.000839. The molecule has 0 amide bonds. The molecule has 0 unspecified atom stereocenters. The molecule has 1 N–H and O–H groups in total. The van der Waals surface area contributed by atoms with Gasteiger partial charge in [-0.05, 0) is 25.0 Å². The van der Waals surface area contributed by atoms with Gasteiger partial charge in [-0.3, -0.25) is 4.79 Å². The lowest BCUT2D eigenvalue weighted by Crippen LogP contribution is -1.94. The SMILES string of the molecule is Cc1cccc(-c2csc(=O)[nH]2)c1C. The fourth-order valence-corrected chi connectivity index (χ4v) is 2.03. The fourth-order valence-electron chi connectivity index (χ4n) is 1.46. The van der Waals surface area contributed by atoms with E-state index in [-0.39, 0.29) is 4.87 Å². The number of aromatic amines is 1. The van der Waals surface area contributed by atoms with Crippen molar-refractivity contribution in [3.63, 3.8) is 0 Å². The first-order valence-electron chi connectivity index (χ1n) is 4.43. The molecule has 0 radical (unpaired) electrons. The minimum absolute atomic E-state index is 0.000839. The van der Waals surface area contributed by atoms with Crippen molar-refractivity contribution in [2.45, 2.75) is 13.8 Å². The lowest BCUT2D eigenvalue weighted by Gasteiger charge is -2.05. The molecule has 14 heavy (non-hydrogen) atoms. The van der Waals surface area contributed by atoms with Crippen molar-refractivity contribution in [3.05, 3.63) is 44.4 Å². The summed E-state index contributed by atoms with van der Waals surface area (Å²) in [7, 11) is 0. The first kappa shape index (κ1) is 9.21. The lowest BCUT2D eigenvalue weighted by atomic mass is 10.0. The molecular formula is C11H11NOS. The van der Waals surface area contributed by atoms with Gasteiger partial charge in [0.05, 0.1) is 5.69 Å². The van der Waals surface area contributed by atoms with Gasteiger partial charge in [-0.25, -0.2) is 0 Å². The molecule has 0 aliphatic carbocycles. The van der Waals surface area contributed by atoms with Crippen LogP contribution in [-0.2, 0) is 0 Å². The number of hydrogen-bond acceptors (Lipinski definition) is 2. The predicted molar refractivity (Wildman–Crippen MR) is 59.8 cm³/mol. The van der Waals surface area contributed by atoms with Crippen LogP contribution < -0.4 is 4.87 Å². The van der Waals surface area contributed by atoms with Crippen LogP contribution in [0.4, 0.5) is 0 Å². The van der Waals surface area contributed by atoms with Crippen LogP contribution in [-0.4, -0.2) is 4.98 Å². The summed E-state index contributed by atoms with van der Waals surface area (Å²) in [6.45, 7) is 4.14. The van der Waals surface area contributed by atoms with Crippen LogP contribution in [0.1, 0.15) is 11.1 Å². The smallest absolute Gasteiger partial charge is 0.304 e. The molecule has 2 rings (SSSR count). The Labute approximate surface area is 86.2 Å². The second-order valence-corrected chi connectivity index (χ2v) is 4.15. The van der Waals surface area contributed by atoms with Crippen molar-refractivity contribution >= 4 is 11.3 Å². The highest BCUT2D eigenvalue weighted by Crippen LogP contribution is 2.23. The van der Waals surface area contributed by atoms with E-state index in [0.717, 1.165) is 11.3 Å². The van der Waals surface area contributed by atoms with Crippen molar-refractivity contribution in [1.29, 1.82) is 0 Å². The minimum Gasteiger partial charge on any atom is -0.312 e. The Hall–Kier alpha value is -1.35. The summed E-state index contributed by atoms with van der Waals surface area (Å²) in [6, 6.07) is 6.11. The number of H-pyrrole nitrogens is 1. The summed E-state index contributed by atoms with van der Waals surface area (Å²) >= 11 is 1.20. The van der Waals surface area contributed by atoms with Gasteiger partial charge in [-0.1, -0.05) is 29.5 Å². The van der Waals surface area contributed by atoms with E-state index in [2.05, 4.69) is 24.9 Å². The monoisotopic (exact) mass is 205 g/mol. The number of thiazole rings is 1. The van der Waals surface area contributed by atoms with E-state index in [4.69, 9.17) is 0 Å². The van der Waals surface area contributed by atoms with Crippen LogP contribution in [0.2, 0.25) is 0 Å². The third kappa shape index (κ3) is 1.51. The number of benzene rings is 1. The van der Waals surface area contributed by atoms with Gasteiger partial charge >= 0.3 is 4.87 Å². The molecule has 0 saturated carbocycles. The largest absolute Gasteiger partial charge is 0.312 e. The molecule has 0 spiro atoms. The second-order valence-electron chi connectivity index (χ2n) is 3.31. The summed E-state index contributed by atoms with van der Waals surface area (Å²) in [6.07, 6.45) is 0.